The summed E-state index contributed by atoms with van der Waals surface area (Å²) in [7, 11) is 0. The Morgan fingerprint density at radius 3 is 2.79 bits per heavy atom. The second-order valence-corrected chi connectivity index (χ2v) is 6.40. The van der Waals surface area contributed by atoms with Crippen molar-refractivity contribution >= 4 is 23.4 Å². The minimum Gasteiger partial charge on any atom is -0.492 e. The molecule has 4 nitrogen and oxygen atoms in total. The van der Waals surface area contributed by atoms with Crippen LogP contribution in [0.3, 0.4) is 0 Å². The molecule has 0 aromatic heterocycles. The normalized spacial score (nSPS) is 22.2. The Morgan fingerprint density at radius 2 is 2.21 bits per heavy atom. The van der Waals surface area contributed by atoms with Crippen LogP contribution in [0.4, 0.5) is 5.69 Å². The average molecular weight is 280 g/mol. The van der Waals surface area contributed by atoms with Gasteiger partial charge in [-0.25, -0.2) is 0 Å². The van der Waals surface area contributed by atoms with Gasteiger partial charge in [-0.05, 0) is 49.8 Å². The highest BCUT2D eigenvalue weighted by atomic mass is 32.2. The molecule has 0 radical (unpaired) electrons. The fourth-order valence-electron chi connectivity index (χ4n) is 2.03. The molecule has 0 spiro atoms. The molecular formula is C14H20N2O2S. The zero-order chi connectivity index (χ0) is 13.7. The third-order valence-electron chi connectivity index (χ3n) is 3.20. The van der Waals surface area contributed by atoms with Crippen molar-refractivity contribution in [3.8, 4) is 5.75 Å². The highest BCUT2D eigenvalue weighted by Gasteiger charge is 2.37. The van der Waals surface area contributed by atoms with Crippen LogP contribution in [0, 0.1) is 0 Å². The highest BCUT2D eigenvalue weighted by molar-refractivity contribution is 8.01. The molecule has 1 aliphatic heterocycles. The van der Waals surface area contributed by atoms with E-state index in [2.05, 4.69) is 5.32 Å². The lowest BCUT2D eigenvalue weighted by molar-refractivity contribution is -0.118. The van der Waals surface area contributed by atoms with Crippen LogP contribution in [0.2, 0.25) is 0 Å². The van der Waals surface area contributed by atoms with E-state index in [1.807, 2.05) is 31.2 Å². The van der Waals surface area contributed by atoms with E-state index in [-0.39, 0.29) is 10.7 Å². The van der Waals surface area contributed by atoms with Gasteiger partial charge in [0.25, 0.3) is 0 Å². The molecular weight excluding hydrogens is 260 g/mol. The zero-order valence-electron chi connectivity index (χ0n) is 11.1. The first-order valence-corrected chi connectivity index (χ1v) is 7.51. The number of carbonyl (C=O) groups is 1. The van der Waals surface area contributed by atoms with Crippen molar-refractivity contribution in [2.45, 2.75) is 24.5 Å². The SMILES string of the molecule is CC1(C(=O)Nc2ccc(OCCN)cc2)CCCS1. The molecule has 5 heteroatoms. The number of benzene rings is 1. The van der Waals surface area contributed by atoms with Crippen molar-refractivity contribution in [1.29, 1.82) is 0 Å². The Bertz CT molecular complexity index is 428. The average Bonchev–Trinajstić information content (AvgIpc) is 2.86. The summed E-state index contributed by atoms with van der Waals surface area (Å²) in [5.41, 5.74) is 6.18. The first kappa shape index (κ1) is 14.2. The van der Waals surface area contributed by atoms with Crippen molar-refractivity contribution in [1.82, 2.24) is 0 Å². The lowest BCUT2D eigenvalue weighted by Crippen LogP contribution is -2.34. The van der Waals surface area contributed by atoms with Crippen LogP contribution in [0.1, 0.15) is 19.8 Å². The van der Waals surface area contributed by atoms with Gasteiger partial charge in [0.1, 0.15) is 12.4 Å². The lowest BCUT2D eigenvalue weighted by atomic mass is 10.0. The maximum absolute atomic E-state index is 12.2. The van der Waals surface area contributed by atoms with E-state index in [1.165, 1.54) is 0 Å². The Balaban J connectivity index is 1.93. The van der Waals surface area contributed by atoms with E-state index in [9.17, 15) is 4.79 Å². The predicted molar refractivity (Wildman–Crippen MR) is 79.7 cm³/mol. The molecule has 1 aromatic carbocycles. The molecule has 1 atom stereocenters. The van der Waals surface area contributed by atoms with Crippen LogP contribution < -0.4 is 15.8 Å². The van der Waals surface area contributed by atoms with Gasteiger partial charge in [-0.1, -0.05) is 0 Å². The van der Waals surface area contributed by atoms with E-state index < -0.39 is 0 Å². The van der Waals surface area contributed by atoms with Gasteiger partial charge in [-0.3, -0.25) is 4.79 Å². The molecule has 1 saturated heterocycles. The maximum atomic E-state index is 12.2. The number of carbonyl (C=O) groups excluding carboxylic acids is 1. The van der Waals surface area contributed by atoms with Crippen molar-refractivity contribution < 1.29 is 9.53 Å². The molecule has 3 N–H and O–H groups in total. The standard InChI is InChI=1S/C14H20N2O2S/c1-14(7-2-10-19-14)13(17)16-11-3-5-12(6-4-11)18-9-8-15/h3-6H,2,7-10,15H2,1H3,(H,16,17). The third kappa shape index (κ3) is 3.64. The Morgan fingerprint density at radius 1 is 1.47 bits per heavy atom. The molecule has 1 amide bonds. The Hall–Kier alpha value is -1.20. The van der Waals surface area contributed by atoms with Crippen LogP contribution in [0.15, 0.2) is 24.3 Å². The molecule has 0 aliphatic carbocycles. The van der Waals surface area contributed by atoms with E-state index >= 15 is 0 Å². The number of hydrogen-bond donors (Lipinski definition) is 2. The topological polar surface area (TPSA) is 64.3 Å². The molecule has 1 heterocycles. The minimum absolute atomic E-state index is 0.0885. The molecule has 19 heavy (non-hydrogen) atoms. The summed E-state index contributed by atoms with van der Waals surface area (Å²) in [6, 6.07) is 7.39. The fourth-order valence-corrected chi connectivity index (χ4v) is 3.24. The molecule has 104 valence electrons. The summed E-state index contributed by atoms with van der Waals surface area (Å²) in [5.74, 6) is 1.92. The van der Waals surface area contributed by atoms with Gasteiger partial charge < -0.3 is 15.8 Å². The van der Waals surface area contributed by atoms with Gasteiger partial charge in [-0.2, -0.15) is 0 Å². The van der Waals surface area contributed by atoms with Crippen molar-refractivity contribution in [3.05, 3.63) is 24.3 Å². The smallest absolute Gasteiger partial charge is 0.240 e. The monoisotopic (exact) mass is 280 g/mol. The van der Waals surface area contributed by atoms with Crippen molar-refractivity contribution in [2.24, 2.45) is 5.73 Å². The number of anilines is 1. The minimum atomic E-state index is -0.283. The van der Waals surface area contributed by atoms with Crippen LogP contribution >= 0.6 is 11.8 Å². The summed E-state index contributed by atoms with van der Waals surface area (Å²) in [4.78, 5) is 12.2. The van der Waals surface area contributed by atoms with Gasteiger partial charge in [0.05, 0.1) is 4.75 Å². The maximum Gasteiger partial charge on any atom is 0.240 e. The molecule has 1 fully saturated rings. The first-order chi connectivity index (χ1) is 9.14. The van der Waals surface area contributed by atoms with Crippen LogP contribution in [-0.2, 0) is 4.79 Å². The second-order valence-electron chi connectivity index (χ2n) is 4.80. The third-order valence-corrected chi connectivity index (χ3v) is 4.72. The number of nitrogens with two attached hydrogens (primary N) is 1. The van der Waals surface area contributed by atoms with Gasteiger partial charge in [0.15, 0.2) is 0 Å². The highest BCUT2D eigenvalue weighted by Crippen LogP contribution is 2.38. The molecule has 0 saturated carbocycles. The van der Waals surface area contributed by atoms with Gasteiger partial charge in [0.2, 0.25) is 5.91 Å². The van der Waals surface area contributed by atoms with Gasteiger partial charge in [-0.15, -0.1) is 11.8 Å². The number of thioether (sulfide) groups is 1. The zero-order valence-corrected chi connectivity index (χ0v) is 12.0. The number of nitrogens with one attached hydrogen (secondary N) is 1. The number of amides is 1. The number of rotatable bonds is 5. The van der Waals surface area contributed by atoms with Gasteiger partial charge in [0, 0.05) is 12.2 Å². The van der Waals surface area contributed by atoms with Crippen LogP contribution in [0.5, 0.6) is 5.75 Å². The van der Waals surface area contributed by atoms with E-state index in [1.54, 1.807) is 11.8 Å². The van der Waals surface area contributed by atoms with E-state index in [0.29, 0.717) is 13.2 Å². The Kier molecular flexibility index (Phi) is 4.71. The summed E-state index contributed by atoms with van der Waals surface area (Å²) in [5, 5.41) is 2.97. The van der Waals surface area contributed by atoms with E-state index in [0.717, 1.165) is 30.0 Å². The molecule has 1 aromatic rings. The first-order valence-electron chi connectivity index (χ1n) is 6.52. The Labute approximate surface area is 118 Å². The quantitative estimate of drug-likeness (QED) is 0.868. The van der Waals surface area contributed by atoms with Gasteiger partial charge >= 0.3 is 0 Å². The lowest BCUT2D eigenvalue weighted by Gasteiger charge is -2.21. The van der Waals surface area contributed by atoms with E-state index in [4.69, 9.17) is 10.5 Å². The molecule has 1 unspecified atom stereocenters. The second kappa shape index (κ2) is 6.30. The molecule has 0 bridgehead atoms. The number of ether oxygens (including phenoxy) is 1. The summed E-state index contributed by atoms with van der Waals surface area (Å²) >= 11 is 1.74. The van der Waals surface area contributed by atoms with Crippen molar-refractivity contribution in [2.75, 3.05) is 24.2 Å². The summed E-state index contributed by atoms with van der Waals surface area (Å²) in [6.45, 7) is 3.01. The summed E-state index contributed by atoms with van der Waals surface area (Å²) in [6.07, 6.45) is 2.06. The van der Waals surface area contributed by atoms with Crippen molar-refractivity contribution in [3.63, 3.8) is 0 Å². The number of hydrogen-bond acceptors (Lipinski definition) is 4. The molecule has 1 aliphatic rings. The van der Waals surface area contributed by atoms with Crippen LogP contribution in [-0.4, -0.2) is 29.6 Å². The fraction of sp³-hybridized carbons (Fsp3) is 0.500. The van der Waals surface area contributed by atoms with Crippen LogP contribution in [0.25, 0.3) is 0 Å². The largest absolute Gasteiger partial charge is 0.492 e. The summed E-state index contributed by atoms with van der Waals surface area (Å²) < 4.78 is 5.11. The predicted octanol–water partition coefficient (Wildman–Crippen LogP) is 2.25. The molecule has 2 rings (SSSR count).